The van der Waals surface area contributed by atoms with E-state index in [1.54, 1.807) is 6.20 Å². The number of nitrogens with one attached hydrogen (secondary N) is 2. The van der Waals surface area contributed by atoms with Crippen molar-refractivity contribution < 1.29 is 4.42 Å². The van der Waals surface area contributed by atoms with E-state index in [-0.39, 0.29) is 12.1 Å². The van der Waals surface area contributed by atoms with Gasteiger partial charge in [0.2, 0.25) is 5.89 Å². The predicted molar refractivity (Wildman–Crippen MR) is 77.3 cm³/mol. The van der Waals surface area contributed by atoms with Crippen molar-refractivity contribution in [2.45, 2.75) is 39.3 Å². The molecule has 20 heavy (non-hydrogen) atoms. The fraction of sp³-hybridized carbons (Fsp3) is 0.500. The van der Waals surface area contributed by atoms with Crippen molar-refractivity contribution in [2.24, 2.45) is 0 Å². The van der Waals surface area contributed by atoms with E-state index >= 15 is 0 Å². The van der Waals surface area contributed by atoms with Crippen LogP contribution in [0.25, 0.3) is 0 Å². The van der Waals surface area contributed by atoms with Crippen molar-refractivity contribution in [1.29, 1.82) is 0 Å². The SMILES string of the molecule is CCCNC(C)c1nnc(NC(C)c2cccnc2)o1. The van der Waals surface area contributed by atoms with Gasteiger partial charge in [0.15, 0.2) is 0 Å². The van der Waals surface area contributed by atoms with Gasteiger partial charge in [0.05, 0.1) is 12.1 Å². The minimum absolute atomic E-state index is 0.0618. The van der Waals surface area contributed by atoms with Crippen LogP contribution in [0.1, 0.15) is 50.7 Å². The molecule has 2 unspecified atom stereocenters. The van der Waals surface area contributed by atoms with E-state index in [0.29, 0.717) is 11.9 Å². The number of aromatic nitrogens is 3. The summed E-state index contributed by atoms with van der Waals surface area (Å²) in [6.45, 7) is 7.09. The molecule has 6 nitrogen and oxygen atoms in total. The summed E-state index contributed by atoms with van der Waals surface area (Å²) in [6.07, 6.45) is 4.64. The number of hydrogen-bond acceptors (Lipinski definition) is 6. The molecule has 0 aliphatic heterocycles. The summed E-state index contributed by atoms with van der Waals surface area (Å²) in [5, 5.41) is 14.6. The molecule has 2 rings (SSSR count). The molecule has 0 amide bonds. The van der Waals surface area contributed by atoms with Gasteiger partial charge < -0.3 is 15.1 Å². The molecule has 0 saturated heterocycles. The summed E-state index contributed by atoms with van der Waals surface area (Å²) in [5.74, 6) is 0.597. The van der Waals surface area contributed by atoms with Crippen molar-refractivity contribution in [1.82, 2.24) is 20.5 Å². The highest BCUT2D eigenvalue weighted by molar-refractivity contribution is 5.26. The average molecular weight is 275 g/mol. The number of hydrogen-bond donors (Lipinski definition) is 2. The first-order valence-corrected chi connectivity index (χ1v) is 6.94. The van der Waals surface area contributed by atoms with Gasteiger partial charge in [0.1, 0.15) is 0 Å². The van der Waals surface area contributed by atoms with Crippen LogP contribution in [-0.4, -0.2) is 21.7 Å². The Balaban J connectivity index is 1.95. The van der Waals surface area contributed by atoms with Crippen LogP contribution in [0.5, 0.6) is 0 Å². The number of pyridine rings is 1. The molecule has 0 fully saturated rings. The lowest BCUT2D eigenvalue weighted by Crippen LogP contribution is -2.19. The van der Waals surface area contributed by atoms with Gasteiger partial charge in [-0.15, -0.1) is 5.10 Å². The maximum Gasteiger partial charge on any atom is 0.316 e. The molecule has 0 spiro atoms. The second kappa shape index (κ2) is 7.00. The monoisotopic (exact) mass is 275 g/mol. The van der Waals surface area contributed by atoms with E-state index in [2.05, 4.69) is 32.7 Å². The molecule has 0 aliphatic rings. The summed E-state index contributed by atoms with van der Waals surface area (Å²) in [7, 11) is 0. The van der Waals surface area contributed by atoms with E-state index in [9.17, 15) is 0 Å². The Kier molecular flexibility index (Phi) is 5.06. The summed E-state index contributed by atoms with van der Waals surface area (Å²) in [6, 6.07) is 4.47. The first-order chi connectivity index (χ1) is 9.70. The molecule has 2 heterocycles. The van der Waals surface area contributed by atoms with Gasteiger partial charge in [-0.3, -0.25) is 4.98 Å². The Morgan fingerprint density at radius 3 is 2.80 bits per heavy atom. The highest BCUT2D eigenvalue weighted by Gasteiger charge is 2.14. The van der Waals surface area contributed by atoms with E-state index in [4.69, 9.17) is 4.42 Å². The Morgan fingerprint density at radius 2 is 2.10 bits per heavy atom. The van der Waals surface area contributed by atoms with Crippen LogP contribution in [0.2, 0.25) is 0 Å². The van der Waals surface area contributed by atoms with Gasteiger partial charge in [-0.05, 0) is 38.4 Å². The van der Waals surface area contributed by atoms with Gasteiger partial charge in [-0.2, -0.15) is 0 Å². The number of anilines is 1. The third-order valence-electron chi connectivity index (χ3n) is 3.04. The zero-order valence-electron chi connectivity index (χ0n) is 12.1. The molecule has 2 aromatic heterocycles. The van der Waals surface area contributed by atoms with E-state index in [0.717, 1.165) is 18.5 Å². The van der Waals surface area contributed by atoms with Gasteiger partial charge in [-0.1, -0.05) is 18.1 Å². The minimum atomic E-state index is 0.0618. The van der Waals surface area contributed by atoms with Gasteiger partial charge in [0.25, 0.3) is 0 Å². The van der Waals surface area contributed by atoms with Crippen molar-refractivity contribution in [3.63, 3.8) is 0 Å². The fourth-order valence-electron chi connectivity index (χ4n) is 1.82. The quantitative estimate of drug-likeness (QED) is 0.809. The zero-order valence-corrected chi connectivity index (χ0v) is 12.1. The Hall–Kier alpha value is -1.95. The van der Waals surface area contributed by atoms with Crippen molar-refractivity contribution >= 4 is 6.01 Å². The minimum Gasteiger partial charge on any atom is -0.406 e. The van der Waals surface area contributed by atoms with Gasteiger partial charge in [-0.25, -0.2) is 0 Å². The Labute approximate surface area is 119 Å². The molecule has 2 N–H and O–H groups in total. The van der Waals surface area contributed by atoms with Crippen molar-refractivity contribution in [3.05, 3.63) is 36.0 Å². The summed E-state index contributed by atoms with van der Waals surface area (Å²) in [4.78, 5) is 4.10. The molecule has 0 aliphatic carbocycles. The maximum absolute atomic E-state index is 5.62. The number of nitrogens with zero attached hydrogens (tertiary/aromatic N) is 3. The van der Waals surface area contributed by atoms with Crippen LogP contribution < -0.4 is 10.6 Å². The Morgan fingerprint density at radius 1 is 1.25 bits per heavy atom. The highest BCUT2D eigenvalue weighted by atomic mass is 16.4. The topological polar surface area (TPSA) is 75.9 Å². The van der Waals surface area contributed by atoms with E-state index < -0.39 is 0 Å². The maximum atomic E-state index is 5.62. The van der Waals surface area contributed by atoms with Crippen molar-refractivity contribution in [2.75, 3.05) is 11.9 Å². The van der Waals surface area contributed by atoms with Crippen LogP contribution in [0.4, 0.5) is 6.01 Å². The summed E-state index contributed by atoms with van der Waals surface area (Å²) < 4.78 is 5.62. The largest absolute Gasteiger partial charge is 0.406 e. The first kappa shape index (κ1) is 14.5. The van der Waals surface area contributed by atoms with Crippen LogP contribution in [-0.2, 0) is 0 Å². The van der Waals surface area contributed by atoms with Gasteiger partial charge >= 0.3 is 6.01 Å². The summed E-state index contributed by atoms with van der Waals surface area (Å²) >= 11 is 0. The third-order valence-corrected chi connectivity index (χ3v) is 3.04. The van der Waals surface area contributed by atoms with Crippen LogP contribution in [0, 0.1) is 0 Å². The van der Waals surface area contributed by atoms with Crippen molar-refractivity contribution in [3.8, 4) is 0 Å². The average Bonchev–Trinajstić information content (AvgIpc) is 2.94. The normalized spacial score (nSPS) is 13.9. The lowest BCUT2D eigenvalue weighted by Gasteiger charge is -2.11. The number of rotatable bonds is 7. The molecule has 0 saturated carbocycles. The lowest BCUT2D eigenvalue weighted by molar-refractivity contribution is 0.421. The predicted octanol–water partition coefficient (Wildman–Crippen LogP) is 2.70. The van der Waals surface area contributed by atoms with E-state index in [1.165, 1.54) is 0 Å². The molecule has 6 heteroatoms. The third kappa shape index (κ3) is 3.77. The first-order valence-electron chi connectivity index (χ1n) is 6.94. The van der Waals surface area contributed by atoms with E-state index in [1.807, 2.05) is 32.2 Å². The Bertz CT molecular complexity index is 513. The standard InChI is InChI=1S/C14H21N5O/c1-4-7-16-11(3)13-18-19-14(20-13)17-10(2)12-6-5-8-15-9-12/h5-6,8-11,16H,4,7H2,1-3H3,(H,17,19). The molecular formula is C14H21N5O. The highest BCUT2D eigenvalue weighted by Crippen LogP contribution is 2.19. The second-order valence-corrected chi connectivity index (χ2v) is 4.77. The van der Waals surface area contributed by atoms with Crippen LogP contribution >= 0.6 is 0 Å². The zero-order chi connectivity index (χ0) is 14.4. The molecule has 2 aromatic rings. The van der Waals surface area contributed by atoms with Crippen LogP contribution in [0.15, 0.2) is 28.9 Å². The fourth-order valence-corrected chi connectivity index (χ4v) is 1.82. The smallest absolute Gasteiger partial charge is 0.316 e. The molecule has 2 atom stereocenters. The summed E-state index contributed by atoms with van der Waals surface area (Å²) in [5.41, 5.74) is 1.07. The molecule has 108 valence electrons. The van der Waals surface area contributed by atoms with Gasteiger partial charge in [0, 0.05) is 12.4 Å². The molecule has 0 aromatic carbocycles. The lowest BCUT2D eigenvalue weighted by atomic mass is 10.1. The second-order valence-electron chi connectivity index (χ2n) is 4.77. The molecule has 0 radical (unpaired) electrons. The van der Waals surface area contributed by atoms with Crippen LogP contribution in [0.3, 0.4) is 0 Å². The molecule has 0 bridgehead atoms. The molecular weight excluding hydrogens is 254 g/mol.